The van der Waals surface area contributed by atoms with Crippen LogP contribution in [0.3, 0.4) is 0 Å². The van der Waals surface area contributed by atoms with Crippen molar-refractivity contribution in [2.45, 2.75) is 45.1 Å². The van der Waals surface area contributed by atoms with E-state index >= 15 is 0 Å². The lowest BCUT2D eigenvalue weighted by Gasteiger charge is -2.20. The van der Waals surface area contributed by atoms with Gasteiger partial charge in [-0.25, -0.2) is 0 Å². The molecule has 0 spiro atoms. The van der Waals surface area contributed by atoms with Crippen LogP contribution in [0.2, 0.25) is 5.02 Å². The van der Waals surface area contributed by atoms with E-state index < -0.39 is 22.4 Å². The van der Waals surface area contributed by atoms with Crippen molar-refractivity contribution < 1.29 is 14.5 Å². The number of halogens is 1. The Hall–Kier alpha value is -2.13. The molecule has 0 aliphatic rings. The SMILES string of the molecule is CC(C)(C)OC(=O)CCC(C#N)c1cccc([N+](=O)[O-])c1Cl. The quantitative estimate of drug-likeness (QED) is 0.464. The van der Waals surface area contributed by atoms with E-state index in [1.54, 1.807) is 26.8 Å². The van der Waals surface area contributed by atoms with Crippen molar-refractivity contribution >= 4 is 23.3 Å². The number of hydrogen-bond donors (Lipinski definition) is 0. The summed E-state index contributed by atoms with van der Waals surface area (Å²) in [4.78, 5) is 22.0. The Morgan fingerprint density at radius 3 is 2.64 bits per heavy atom. The van der Waals surface area contributed by atoms with Crippen molar-refractivity contribution in [2.75, 3.05) is 0 Å². The molecule has 118 valence electrons. The van der Waals surface area contributed by atoms with Gasteiger partial charge < -0.3 is 4.74 Å². The van der Waals surface area contributed by atoms with E-state index in [-0.39, 0.29) is 23.6 Å². The van der Waals surface area contributed by atoms with Crippen molar-refractivity contribution in [1.82, 2.24) is 0 Å². The molecule has 6 nitrogen and oxygen atoms in total. The molecule has 22 heavy (non-hydrogen) atoms. The van der Waals surface area contributed by atoms with E-state index in [4.69, 9.17) is 16.3 Å². The molecule has 0 fully saturated rings. The summed E-state index contributed by atoms with van der Waals surface area (Å²) in [5.74, 6) is -1.13. The summed E-state index contributed by atoms with van der Waals surface area (Å²) in [5, 5.41) is 20.1. The minimum atomic E-state index is -0.708. The van der Waals surface area contributed by atoms with Crippen LogP contribution in [0.1, 0.15) is 45.1 Å². The number of nitriles is 1. The molecule has 1 unspecified atom stereocenters. The Balaban J connectivity index is 2.86. The number of benzene rings is 1. The second-order valence-corrected chi connectivity index (χ2v) is 6.12. The van der Waals surface area contributed by atoms with E-state index in [0.29, 0.717) is 5.56 Å². The van der Waals surface area contributed by atoms with Crippen molar-refractivity contribution in [2.24, 2.45) is 0 Å². The molecule has 0 bridgehead atoms. The van der Waals surface area contributed by atoms with Gasteiger partial charge in [-0.05, 0) is 32.8 Å². The van der Waals surface area contributed by atoms with E-state index in [1.807, 2.05) is 6.07 Å². The van der Waals surface area contributed by atoms with Gasteiger partial charge in [0.1, 0.15) is 10.6 Å². The summed E-state index contributed by atoms with van der Waals surface area (Å²) in [6, 6.07) is 6.32. The molecule has 0 aliphatic carbocycles. The number of hydrogen-bond acceptors (Lipinski definition) is 5. The summed E-state index contributed by atoms with van der Waals surface area (Å²) >= 11 is 5.99. The minimum Gasteiger partial charge on any atom is -0.460 e. The van der Waals surface area contributed by atoms with Gasteiger partial charge in [-0.3, -0.25) is 14.9 Å². The van der Waals surface area contributed by atoms with Gasteiger partial charge >= 0.3 is 5.97 Å². The molecule has 0 heterocycles. The number of carbonyl (C=O) groups excluding carboxylic acids is 1. The smallest absolute Gasteiger partial charge is 0.306 e. The average molecular weight is 325 g/mol. The van der Waals surface area contributed by atoms with Crippen molar-refractivity contribution in [1.29, 1.82) is 5.26 Å². The number of nitro groups is 1. The zero-order chi connectivity index (χ0) is 16.9. The van der Waals surface area contributed by atoms with Crippen molar-refractivity contribution in [3.8, 4) is 6.07 Å². The predicted molar refractivity (Wildman–Crippen MR) is 81.5 cm³/mol. The third-order valence-electron chi connectivity index (χ3n) is 2.79. The first-order valence-electron chi connectivity index (χ1n) is 6.70. The lowest BCUT2D eigenvalue weighted by atomic mass is 9.95. The maximum Gasteiger partial charge on any atom is 0.306 e. The van der Waals surface area contributed by atoms with Crippen LogP contribution in [-0.2, 0) is 9.53 Å². The lowest BCUT2D eigenvalue weighted by Crippen LogP contribution is -2.24. The van der Waals surface area contributed by atoms with E-state index in [1.165, 1.54) is 12.1 Å². The van der Waals surface area contributed by atoms with Crippen LogP contribution in [0.15, 0.2) is 18.2 Å². The van der Waals surface area contributed by atoms with Crippen LogP contribution < -0.4 is 0 Å². The second-order valence-electron chi connectivity index (χ2n) is 5.74. The molecule has 0 radical (unpaired) electrons. The highest BCUT2D eigenvalue weighted by Gasteiger charge is 2.23. The molecule has 1 aromatic rings. The molecule has 0 saturated heterocycles. The highest BCUT2D eigenvalue weighted by molar-refractivity contribution is 6.33. The van der Waals surface area contributed by atoms with E-state index in [9.17, 15) is 20.2 Å². The summed E-state index contributed by atoms with van der Waals surface area (Å²) in [7, 11) is 0. The molecule has 1 aromatic carbocycles. The van der Waals surface area contributed by atoms with Gasteiger partial charge in [0.05, 0.1) is 16.9 Å². The van der Waals surface area contributed by atoms with Crippen LogP contribution in [0.5, 0.6) is 0 Å². The molecule has 1 atom stereocenters. The van der Waals surface area contributed by atoms with Gasteiger partial charge in [0, 0.05) is 12.5 Å². The van der Waals surface area contributed by atoms with Crippen LogP contribution >= 0.6 is 11.6 Å². The number of ether oxygens (including phenoxy) is 1. The van der Waals surface area contributed by atoms with Gasteiger partial charge in [-0.15, -0.1) is 0 Å². The molecule has 0 saturated carbocycles. The Bertz CT molecular complexity index is 617. The maximum absolute atomic E-state index is 11.7. The number of carbonyl (C=O) groups is 1. The second kappa shape index (κ2) is 7.23. The molecule has 1 rings (SSSR count). The minimum absolute atomic E-state index is 0.0362. The number of esters is 1. The first-order chi connectivity index (χ1) is 10.2. The third kappa shape index (κ3) is 5.01. The Kier molecular flexibility index (Phi) is 5.89. The topological polar surface area (TPSA) is 93.2 Å². The lowest BCUT2D eigenvalue weighted by molar-refractivity contribution is -0.384. The normalized spacial score (nSPS) is 12.3. The van der Waals surface area contributed by atoms with Gasteiger partial charge in [-0.2, -0.15) is 5.26 Å². The highest BCUT2D eigenvalue weighted by atomic mass is 35.5. The van der Waals surface area contributed by atoms with Crippen LogP contribution in [0.25, 0.3) is 0 Å². The predicted octanol–water partition coefficient (Wildman–Crippen LogP) is 3.98. The Labute approximate surface area is 133 Å². The van der Waals surface area contributed by atoms with Gasteiger partial charge in [0.25, 0.3) is 5.69 Å². The van der Waals surface area contributed by atoms with E-state index in [2.05, 4.69) is 0 Å². The maximum atomic E-state index is 11.7. The monoisotopic (exact) mass is 324 g/mol. The molecule has 7 heteroatoms. The van der Waals surface area contributed by atoms with Crippen LogP contribution in [-0.4, -0.2) is 16.5 Å². The zero-order valence-electron chi connectivity index (χ0n) is 12.6. The van der Waals surface area contributed by atoms with Gasteiger partial charge in [-0.1, -0.05) is 23.7 Å². The summed E-state index contributed by atoms with van der Waals surface area (Å²) in [5.41, 5.74) is -0.499. The highest BCUT2D eigenvalue weighted by Crippen LogP contribution is 2.34. The fourth-order valence-electron chi connectivity index (χ4n) is 1.89. The molecule has 0 N–H and O–H groups in total. The molecule has 0 amide bonds. The van der Waals surface area contributed by atoms with Crippen molar-refractivity contribution in [3.05, 3.63) is 38.9 Å². The Morgan fingerprint density at radius 1 is 1.50 bits per heavy atom. The standard InChI is InChI=1S/C15H17ClN2O4/c1-15(2,3)22-13(19)8-7-10(9-17)11-5-4-6-12(14(11)16)18(20)21/h4-6,10H,7-8H2,1-3H3. The average Bonchev–Trinajstić information content (AvgIpc) is 2.38. The number of nitrogens with zero attached hydrogens (tertiary/aromatic N) is 2. The summed E-state index contributed by atoms with van der Waals surface area (Å²) in [6.07, 6.45) is 0.223. The zero-order valence-corrected chi connectivity index (χ0v) is 13.4. The van der Waals surface area contributed by atoms with Crippen LogP contribution in [0.4, 0.5) is 5.69 Å². The summed E-state index contributed by atoms with van der Waals surface area (Å²) < 4.78 is 5.17. The molecule has 0 aliphatic heterocycles. The van der Waals surface area contributed by atoms with Crippen LogP contribution in [0, 0.1) is 21.4 Å². The first kappa shape index (κ1) is 17.9. The number of nitro benzene ring substituents is 1. The van der Waals surface area contributed by atoms with Gasteiger partial charge in [0.15, 0.2) is 0 Å². The molecular formula is C15H17ClN2O4. The molecule has 0 aromatic heterocycles. The third-order valence-corrected chi connectivity index (χ3v) is 3.21. The largest absolute Gasteiger partial charge is 0.460 e. The fraction of sp³-hybridized carbons (Fsp3) is 0.467. The number of rotatable bonds is 5. The summed E-state index contributed by atoms with van der Waals surface area (Å²) in [6.45, 7) is 5.26. The Morgan fingerprint density at radius 2 is 2.14 bits per heavy atom. The van der Waals surface area contributed by atoms with Crippen molar-refractivity contribution in [3.63, 3.8) is 0 Å². The van der Waals surface area contributed by atoms with E-state index in [0.717, 1.165) is 0 Å². The first-order valence-corrected chi connectivity index (χ1v) is 7.07. The fourth-order valence-corrected chi connectivity index (χ4v) is 2.22. The van der Waals surface area contributed by atoms with Gasteiger partial charge in [0.2, 0.25) is 0 Å². The molecular weight excluding hydrogens is 308 g/mol.